The molecule has 1 aliphatic heterocycles. The van der Waals surface area contributed by atoms with Gasteiger partial charge in [0.05, 0.1) is 30.9 Å². The number of ether oxygens (including phenoxy) is 3. The Bertz CT molecular complexity index is 436. The van der Waals surface area contributed by atoms with Gasteiger partial charge in [-0.05, 0) is 15.9 Å². The number of benzene rings is 1. The summed E-state index contributed by atoms with van der Waals surface area (Å²) < 4.78 is 30.6. The van der Waals surface area contributed by atoms with Crippen LogP contribution in [0.4, 0.5) is 4.39 Å². The molecule has 100 valence electrons. The van der Waals surface area contributed by atoms with Crippen LogP contribution in [0.3, 0.4) is 0 Å². The first kappa shape index (κ1) is 13.6. The Morgan fingerprint density at radius 2 is 2.22 bits per heavy atom. The van der Waals surface area contributed by atoms with Crippen molar-refractivity contribution in [1.29, 1.82) is 0 Å². The van der Waals surface area contributed by atoms with Gasteiger partial charge in [0.1, 0.15) is 11.9 Å². The lowest BCUT2D eigenvalue weighted by Gasteiger charge is -2.26. The van der Waals surface area contributed by atoms with Crippen LogP contribution in [0.2, 0.25) is 0 Å². The number of rotatable bonds is 3. The lowest BCUT2D eigenvalue weighted by Crippen LogP contribution is -2.34. The standard InChI is InChI=1S/C12H15BrFNO3/c1-16-8-5-7(13)11(14)10(12(8)17-2)9-6-15-3-4-18-9/h5,9,15H,3-4,6H2,1-2H3. The normalized spacial score (nSPS) is 19.7. The van der Waals surface area contributed by atoms with Gasteiger partial charge in [-0.1, -0.05) is 0 Å². The molecule has 1 fully saturated rings. The molecular formula is C12H15BrFNO3. The second-order valence-corrected chi connectivity index (χ2v) is 4.74. The van der Waals surface area contributed by atoms with Gasteiger partial charge in [0.15, 0.2) is 11.5 Å². The highest BCUT2D eigenvalue weighted by Crippen LogP contribution is 2.41. The van der Waals surface area contributed by atoms with E-state index in [-0.39, 0.29) is 11.9 Å². The van der Waals surface area contributed by atoms with Gasteiger partial charge in [-0.2, -0.15) is 0 Å². The van der Waals surface area contributed by atoms with Gasteiger partial charge in [0.2, 0.25) is 0 Å². The Hall–Kier alpha value is -0.850. The molecule has 0 saturated carbocycles. The van der Waals surface area contributed by atoms with E-state index in [9.17, 15) is 4.39 Å². The maximum Gasteiger partial charge on any atom is 0.169 e. The fraction of sp³-hybridized carbons (Fsp3) is 0.500. The summed E-state index contributed by atoms with van der Waals surface area (Å²) in [6.45, 7) is 1.86. The van der Waals surface area contributed by atoms with Crippen molar-refractivity contribution in [1.82, 2.24) is 5.32 Å². The molecule has 1 aliphatic rings. The second-order valence-electron chi connectivity index (χ2n) is 3.89. The van der Waals surface area contributed by atoms with E-state index in [1.165, 1.54) is 14.2 Å². The van der Waals surface area contributed by atoms with Crippen LogP contribution in [0, 0.1) is 5.82 Å². The zero-order chi connectivity index (χ0) is 13.1. The minimum absolute atomic E-state index is 0.337. The molecule has 4 nitrogen and oxygen atoms in total. The molecule has 1 aromatic carbocycles. The van der Waals surface area contributed by atoms with E-state index >= 15 is 0 Å². The highest BCUT2D eigenvalue weighted by atomic mass is 79.9. The minimum atomic E-state index is -0.375. The van der Waals surface area contributed by atoms with Crippen LogP contribution >= 0.6 is 15.9 Å². The molecule has 1 unspecified atom stereocenters. The third-order valence-corrected chi connectivity index (χ3v) is 3.42. The van der Waals surface area contributed by atoms with E-state index in [1.54, 1.807) is 6.07 Å². The lowest BCUT2D eigenvalue weighted by molar-refractivity contribution is 0.0237. The molecular weight excluding hydrogens is 305 g/mol. The van der Waals surface area contributed by atoms with Gasteiger partial charge in [0.25, 0.3) is 0 Å². The Balaban J connectivity index is 2.51. The molecule has 1 saturated heterocycles. The van der Waals surface area contributed by atoms with Gasteiger partial charge >= 0.3 is 0 Å². The zero-order valence-corrected chi connectivity index (χ0v) is 11.8. The van der Waals surface area contributed by atoms with Crippen molar-refractivity contribution in [3.05, 3.63) is 21.9 Å². The molecule has 1 heterocycles. The van der Waals surface area contributed by atoms with Crippen LogP contribution in [-0.4, -0.2) is 33.9 Å². The summed E-state index contributed by atoms with van der Waals surface area (Å²) in [7, 11) is 3.01. The average Bonchev–Trinajstić information content (AvgIpc) is 2.42. The summed E-state index contributed by atoms with van der Waals surface area (Å²) in [6, 6.07) is 1.55. The number of methoxy groups -OCH3 is 2. The van der Waals surface area contributed by atoms with Crippen molar-refractivity contribution < 1.29 is 18.6 Å². The van der Waals surface area contributed by atoms with Gasteiger partial charge in [-0.25, -0.2) is 4.39 Å². The third-order valence-electron chi connectivity index (χ3n) is 2.85. The van der Waals surface area contributed by atoms with Gasteiger partial charge in [-0.15, -0.1) is 0 Å². The van der Waals surface area contributed by atoms with Gasteiger partial charge < -0.3 is 19.5 Å². The largest absolute Gasteiger partial charge is 0.493 e. The van der Waals surface area contributed by atoms with E-state index < -0.39 is 0 Å². The van der Waals surface area contributed by atoms with E-state index in [4.69, 9.17) is 14.2 Å². The molecule has 0 amide bonds. The Labute approximate surface area is 114 Å². The lowest BCUT2D eigenvalue weighted by atomic mass is 10.1. The van der Waals surface area contributed by atoms with Crippen molar-refractivity contribution in [3.63, 3.8) is 0 Å². The molecule has 18 heavy (non-hydrogen) atoms. The number of morpholine rings is 1. The highest BCUT2D eigenvalue weighted by Gasteiger charge is 2.27. The van der Waals surface area contributed by atoms with Crippen LogP contribution in [0.1, 0.15) is 11.7 Å². The molecule has 2 rings (SSSR count). The van der Waals surface area contributed by atoms with E-state index in [1.807, 2.05) is 0 Å². The Kier molecular flexibility index (Phi) is 4.42. The monoisotopic (exact) mass is 319 g/mol. The Morgan fingerprint density at radius 3 is 2.78 bits per heavy atom. The summed E-state index contributed by atoms with van der Waals surface area (Å²) in [5, 5.41) is 3.17. The fourth-order valence-corrected chi connectivity index (χ4v) is 2.43. The van der Waals surface area contributed by atoms with E-state index in [0.29, 0.717) is 34.7 Å². The molecule has 1 N–H and O–H groups in total. The molecule has 0 radical (unpaired) electrons. The highest BCUT2D eigenvalue weighted by molar-refractivity contribution is 9.10. The SMILES string of the molecule is COc1cc(Br)c(F)c(C2CNCCO2)c1OC. The summed E-state index contributed by atoms with van der Waals surface area (Å²) in [5.41, 5.74) is 0.385. The van der Waals surface area contributed by atoms with E-state index in [2.05, 4.69) is 21.2 Å². The average molecular weight is 320 g/mol. The van der Waals surface area contributed by atoms with Crippen molar-refractivity contribution in [2.24, 2.45) is 0 Å². The number of halogens is 2. The molecule has 0 bridgehead atoms. The van der Waals surface area contributed by atoms with Crippen LogP contribution < -0.4 is 14.8 Å². The number of hydrogen-bond acceptors (Lipinski definition) is 4. The van der Waals surface area contributed by atoms with Gasteiger partial charge in [-0.3, -0.25) is 0 Å². The number of hydrogen-bond donors (Lipinski definition) is 1. The third kappa shape index (κ3) is 2.46. The van der Waals surface area contributed by atoms with Gasteiger partial charge in [0, 0.05) is 19.2 Å². The Morgan fingerprint density at radius 1 is 1.44 bits per heavy atom. The predicted octanol–water partition coefficient (Wildman–Crippen LogP) is 2.27. The van der Waals surface area contributed by atoms with Crippen molar-refractivity contribution in [2.75, 3.05) is 33.9 Å². The molecule has 6 heteroatoms. The zero-order valence-electron chi connectivity index (χ0n) is 10.3. The van der Waals surface area contributed by atoms with Crippen LogP contribution in [0.5, 0.6) is 11.5 Å². The van der Waals surface area contributed by atoms with Crippen LogP contribution in [0.15, 0.2) is 10.5 Å². The summed E-state index contributed by atoms with van der Waals surface area (Å²) in [5.74, 6) is 0.489. The van der Waals surface area contributed by atoms with Crippen LogP contribution in [-0.2, 0) is 4.74 Å². The predicted molar refractivity (Wildman–Crippen MR) is 68.8 cm³/mol. The molecule has 0 spiro atoms. The maximum atomic E-state index is 14.3. The maximum absolute atomic E-state index is 14.3. The molecule has 0 aromatic heterocycles. The first-order valence-electron chi connectivity index (χ1n) is 5.61. The molecule has 1 aromatic rings. The molecule has 1 atom stereocenters. The summed E-state index contributed by atoms with van der Waals surface area (Å²) in [4.78, 5) is 0. The summed E-state index contributed by atoms with van der Waals surface area (Å²) in [6.07, 6.45) is -0.375. The second kappa shape index (κ2) is 5.86. The quantitative estimate of drug-likeness (QED) is 0.927. The molecule has 0 aliphatic carbocycles. The van der Waals surface area contributed by atoms with Crippen molar-refractivity contribution >= 4 is 15.9 Å². The summed E-state index contributed by atoms with van der Waals surface area (Å²) >= 11 is 3.18. The first-order valence-corrected chi connectivity index (χ1v) is 6.40. The topological polar surface area (TPSA) is 39.7 Å². The minimum Gasteiger partial charge on any atom is -0.493 e. The fourth-order valence-electron chi connectivity index (χ4n) is 2.01. The first-order chi connectivity index (χ1) is 8.69. The van der Waals surface area contributed by atoms with Crippen molar-refractivity contribution in [3.8, 4) is 11.5 Å². The van der Waals surface area contributed by atoms with Crippen molar-refractivity contribution in [2.45, 2.75) is 6.10 Å². The van der Waals surface area contributed by atoms with E-state index in [0.717, 1.165) is 6.54 Å². The smallest absolute Gasteiger partial charge is 0.169 e. The van der Waals surface area contributed by atoms with Crippen LogP contribution in [0.25, 0.3) is 0 Å². The number of nitrogens with one attached hydrogen (secondary N) is 1.